The van der Waals surface area contributed by atoms with E-state index in [1.807, 2.05) is 40.8 Å². The van der Waals surface area contributed by atoms with Crippen LogP contribution in [0.15, 0.2) is 42.5 Å². The molecule has 0 aromatic heterocycles. The first-order chi connectivity index (χ1) is 8.59. The molecule has 1 atom stereocenters. The molecular formula is C15H15FIN. The van der Waals surface area contributed by atoms with Crippen molar-refractivity contribution in [1.82, 2.24) is 0 Å². The van der Waals surface area contributed by atoms with Gasteiger partial charge in [-0.3, -0.25) is 0 Å². The molecule has 1 N–H and O–H groups in total. The van der Waals surface area contributed by atoms with Gasteiger partial charge in [0.05, 0.1) is 9.26 Å². The maximum Gasteiger partial charge on any atom is 0.138 e. The van der Waals surface area contributed by atoms with E-state index in [1.165, 1.54) is 17.2 Å². The highest BCUT2D eigenvalue weighted by atomic mass is 127. The Labute approximate surface area is 121 Å². The van der Waals surface area contributed by atoms with Crippen LogP contribution in [0, 0.1) is 16.3 Å². The molecule has 0 spiro atoms. The Kier molecular flexibility index (Phi) is 4.22. The second kappa shape index (κ2) is 5.69. The van der Waals surface area contributed by atoms with E-state index in [0.29, 0.717) is 3.57 Å². The minimum absolute atomic E-state index is 0.154. The molecule has 18 heavy (non-hydrogen) atoms. The number of nitrogens with one attached hydrogen (secondary N) is 1. The van der Waals surface area contributed by atoms with E-state index >= 15 is 0 Å². The predicted molar refractivity (Wildman–Crippen MR) is 82.3 cm³/mol. The molecule has 0 aliphatic heterocycles. The normalized spacial score (nSPS) is 12.2. The van der Waals surface area contributed by atoms with E-state index in [2.05, 4.69) is 31.3 Å². The Bertz CT molecular complexity index is 554. The number of rotatable bonds is 3. The second-order valence-corrected chi connectivity index (χ2v) is 5.40. The molecule has 0 saturated heterocycles. The largest absolute Gasteiger partial charge is 0.378 e. The molecule has 0 heterocycles. The van der Waals surface area contributed by atoms with E-state index in [0.717, 1.165) is 5.69 Å². The Balaban J connectivity index is 2.24. The van der Waals surface area contributed by atoms with Gasteiger partial charge < -0.3 is 5.32 Å². The number of anilines is 1. The zero-order chi connectivity index (χ0) is 13.1. The summed E-state index contributed by atoms with van der Waals surface area (Å²) in [6.07, 6.45) is 0. The van der Waals surface area contributed by atoms with Gasteiger partial charge in [-0.2, -0.15) is 0 Å². The van der Waals surface area contributed by atoms with Crippen LogP contribution >= 0.6 is 22.6 Å². The fourth-order valence-corrected chi connectivity index (χ4v) is 2.51. The predicted octanol–water partition coefficient (Wildman–Crippen LogP) is 4.91. The van der Waals surface area contributed by atoms with Crippen LogP contribution in [0.25, 0.3) is 0 Å². The third kappa shape index (κ3) is 2.83. The summed E-state index contributed by atoms with van der Waals surface area (Å²) in [7, 11) is 0. The summed E-state index contributed by atoms with van der Waals surface area (Å²) in [6, 6.07) is 13.5. The molecule has 2 aromatic rings. The van der Waals surface area contributed by atoms with Crippen LogP contribution in [-0.4, -0.2) is 0 Å². The summed E-state index contributed by atoms with van der Waals surface area (Å²) in [6.45, 7) is 4.17. The number of aryl methyl sites for hydroxylation is 1. The van der Waals surface area contributed by atoms with E-state index < -0.39 is 0 Å². The van der Waals surface area contributed by atoms with Gasteiger partial charge in [-0.1, -0.05) is 30.3 Å². The molecule has 0 amide bonds. The first-order valence-corrected chi connectivity index (χ1v) is 6.93. The third-order valence-electron chi connectivity index (χ3n) is 2.98. The molecule has 2 rings (SSSR count). The van der Waals surface area contributed by atoms with Crippen LogP contribution in [0.1, 0.15) is 24.1 Å². The quantitative estimate of drug-likeness (QED) is 0.772. The van der Waals surface area contributed by atoms with Crippen LogP contribution in [0.5, 0.6) is 0 Å². The SMILES string of the molecule is Cc1ccccc1C(C)Nc1cccc(F)c1I. The topological polar surface area (TPSA) is 12.0 Å². The molecule has 2 aromatic carbocycles. The molecule has 0 aliphatic carbocycles. The number of benzene rings is 2. The average molecular weight is 355 g/mol. The first kappa shape index (κ1) is 13.3. The van der Waals surface area contributed by atoms with Crippen molar-refractivity contribution < 1.29 is 4.39 Å². The molecular weight excluding hydrogens is 340 g/mol. The van der Waals surface area contributed by atoms with Crippen LogP contribution in [0.3, 0.4) is 0 Å². The Morgan fingerprint density at radius 1 is 1.11 bits per heavy atom. The Morgan fingerprint density at radius 2 is 1.83 bits per heavy atom. The van der Waals surface area contributed by atoms with E-state index in [-0.39, 0.29) is 11.9 Å². The average Bonchev–Trinajstić information content (AvgIpc) is 2.35. The highest BCUT2D eigenvalue weighted by Crippen LogP contribution is 2.26. The molecule has 0 saturated carbocycles. The number of halogens is 2. The summed E-state index contributed by atoms with van der Waals surface area (Å²) in [5.41, 5.74) is 3.31. The van der Waals surface area contributed by atoms with Gasteiger partial charge in [-0.25, -0.2) is 4.39 Å². The summed E-state index contributed by atoms with van der Waals surface area (Å²) < 4.78 is 14.1. The van der Waals surface area contributed by atoms with Crippen LogP contribution < -0.4 is 5.32 Å². The van der Waals surface area contributed by atoms with Crippen LogP contribution in [0.4, 0.5) is 10.1 Å². The lowest BCUT2D eigenvalue weighted by Crippen LogP contribution is -2.09. The summed E-state index contributed by atoms with van der Waals surface area (Å²) in [5, 5.41) is 3.36. The van der Waals surface area contributed by atoms with Crippen molar-refractivity contribution in [1.29, 1.82) is 0 Å². The van der Waals surface area contributed by atoms with Crippen molar-refractivity contribution in [3.05, 3.63) is 63.0 Å². The minimum Gasteiger partial charge on any atom is -0.378 e. The van der Waals surface area contributed by atoms with E-state index in [9.17, 15) is 4.39 Å². The van der Waals surface area contributed by atoms with Crippen molar-refractivity contribution in [2.75, 3.05) is 5.32 Å². The highest BCUT2D eigenvalue weighted by Gasteiger charge is 2.11. The molecule has 94 valence electrons. The van der Waals surface area contributed by atoms with Gasteiger partial charge in [-0.15, -0.1) is 0 Å². The summed E-state index contributed by atoms with van der Waals surface area (Å²) in [5.74, 6) is -0.183. The van der Waals surface area contributed by atoms with Gasteiger partial charge in [0, 0.05) is 6.04 Å². The smallest absolute Gasteiger partial charge is 0.138 e. The van der Waals surface area contributed by atoms with Gasteiger partial charge in [0.1, 0.15) is 5.82 Å². The fraction of sp³-hybridized carbons (Fsp3) is 0.200. The van der Waals surface area contributed by atoms with Crippen molar-refractivity contribution in [3.63, 3.8) is 0 Å². The van der Waals surface area contributed by atoms with Gasteiger partial charge in [0.15, 0.2) is 0 Å². The lowest BCUT2D eigenvalue weighted by Gasteiger charge is -2.18. The number of hydrogen-bond acceptors (Lipinski definition) is 1. The monoisotopic (exact) mass is 355 g/mol. The molecule has 3 heteroatoms. The van der Waals surface area contributed by atoms with Crippen molar-refractivity contribution >= 4 is 28.3 Å². The zero-order valence-corrected chi connectivity index (χ0v) is 12.5. The standard InChI is InChI=1S/C15H15FIN/c1-10-6-3-4-7-12(10)11(2)18-14-9-5-8-13(16)15(14)17/h3-9,11,18H,1-2H3. The van der Waals surface area contributed by atoms with Crippen molar-refractivity contribution in [2.45, 2.75) is 19.9 Å². The third-order valence-corrected chi connectivity index (χ3v) is 4.07. The van der Waals surface area contributed by atoms with Crippen molar-refractivity contribution in [2.24, 2.45) is 0 Å². The fourth-order valence-electron chi connectivity index (χ4n) is 2.00. The molecule has 0 fully saturated rings. The minimum atomic E-state index is -0.183. The molecule has 0 aliphatic rings. The maximum atomic E-state index is 13.5. The van der Waals surface area contributed by atoms with Gasteiger partial charge in [-0.05, 0) is 59.7 Å². The highest BCUT2D eigenvalue weighted by molar-refractivity contribution is 14.1. The van der Waals surface area contributed by atoms with Gasteiger partial charge >= 0.3 is 0 Å². The lowest BCUT2D eigenvalue weighted by molar-refractivity contribution is 0.620. The van der Waals surface area contributed by atoms with E-state index in [1.54, 1.807) is 6.07 Å². The van der Waals surface area contributed by atoms with Crippen molar-refractivity contribution in [3.8, 4) is 0 Å². The maximum absolute atomic E-state index is 13.5. The molecule has 1 unspecified atom stereocenters. The van der Waals surface area contributed by atoms with Gasteiger partial charge in [0.2, 0.25) is 0 Å². The number of hydrogen-bond donors (Lipinski definition) is 1. The zero-order valence-electron chi connectivity index (χ0n) is 10.4. The van der Waals surface area contributed by atoms with Crippen LogP contribution in [0.2, 0.25) is 0 Å². The summed E-state index contributed by atoms with van der Waals surface area (Å²) >= 11 is 2.03. The van der Waals surface area contributed by atoms with E-state index in [4.69, 9.17) is 0 Å². The molecule has 0 radical (unpaired) electrons. The van der Waals surface area contributed by atoms with Gasteiger partial charge in [0.25, 0.3) is 0 Å². The summed E-state index contributed by atoms with van der Waals surface area (Å²) in [4.78, 5) is 0. The lowest BCUT2D eigenvalue weighted by atomic mass is 10.0. The molecule has 1 nitrogen and oxygen atoms in total. The Hall–Kier alpha value is -1.10. The Morgan fingerprint density at radius 3 is 2.56 bits per heavy atom. The molecule has 0 bridgehead atoms. The second-order valence-electron chi connectivity index (χ2n) is 4.32. The van der Waals surface area contributed by atoms with Crippen LogP contribution in [-0.2, 0) is 0 Å². The first-order valence-electron chi connectivity index (χ1n) is 5.85.